The predicted molar refractivity (Wildman–Crippen MR) is 396 cm³/mol. The summed E-state index contributed by atoms with van der Waals surface area (Å²) in [6.07, 6.45) is 44.7. The third-order valence-corrected chi connectivity index (χ3v) is 18.0. The van der Waals surface area contributed by atoms with E-state index in [0.717, 1.165) is 92.1 Å². The van der Waals surface area contributed by atoms with Crippen molar-refractivity contribution in [1.82, 2.24) is 0 Å². The lowest BCUT2D eigenvalue weighted by Gasteiger charge is -2.28. The molecule has 3 aromatic carbocycles. The first-order valence-corrected chi connectivity index (χ1v) is 37.4. The summed E-state index contributed by atoms with van der Waals surface area (Å²) in [7, 11) is 1.62. The number of hydrogen-bond donors (Lipinski definition) is 0. The number of hydrogen-bond acceptors (Lipinski definition) is 15. The number of ether oxygens (including phenoxy) is 9. The van der Waals surface area contributed by atoms with Crippen LogP contribution in [0.4, 0.5) is 0 Å². The lowest BCUT2D eigenvalue weighted by Crippen LogP contribution is -2.27. The molecule has 3 aromatic rings. The fourth-order valence-electron chi connectivity index (χ4n) is 10.1. The Kier molecular flexibility index (Phi) is 48.9. The highest BCUT2D eigenvalue weighted by molar-refractivity contribution is 5.88. The van der Waals surface area contributed by atoms with Gasteiger partial charge >= 0.3 is 35.8 Å². The molecule has 1 aliphatic rings. The van der Waals surface area contributed by atoms with E-state index >= 15 is 0 Å². The van der Waals surface area contributed by atoms with Crippen molar-refractivity contribution in [3.05, 3.63) is 108 Å². The SMILES string of the molecule is CCC(C)C(=O)OCC1CCC(COC(=O)/C=C/c2ccc(OC)cc2)CC1.CCCCCCCCCCCCCCOc1ccc(/C=C/C(=O)OCCOC(=O)C(C)(C)CC)cc1.CCCCCCCCCCCCOc1ccc(/C=C/C(=O)OCCOC(=O)C(C)(C)CC)cc1. The van der Waals surface area contributed by atoms with E-state index in [4.69, 9.17) is 42.6 Å². The highest BCUT2D eigenvalue weighted by Crippen LogP contribution is 2.30. The monoisotopic (exact) mass is 1360 g/mol. The molecule has 0 saturated heterocycles. The van der Waals surface area contributed by atoms with Gasteiger partial charge in [0.05, 0.1) is 50.3 Å². The second-order valence-electron chi connectivity index (χ2n) is 27.2. The molecule has 1 aliphatic carbocycles. The molecule has 0 aliphatic heterocycles. The van der Waals surface area contributed by atoms with Crippen LogP contribution in [0.25, 0.3) is 18.2 Å². The van der Waals surface area contributed by atoms with E-state index in [0.29, 0.717) is 37.9 Å². The van der Waals surface area contributed by atoms with Gasteiger partial charge in [-0.3, -0.25) is 14.4 Å². The fourth-order valence-corrected chi connectivity index (χ4v) is 10.1. The Morgan fingerprint density at radius 1 is 0.388 bits per heavy atom. The van der Waals surface area contributed by atoms with Crippen molar-refractivity contribution in [3.63, 3.8) is 0 Å². The average Bonchev–Trinajstić information content (AvgIpc) is 1.25. The number of esters is 6. The van der Waals surface area contributed by atoms with Crippen molar-refractivity contribution >= 4 is 54.0 Å². The molecule has 15 heteroatoms. The lowest BCUT2D eigenvalue weighted by atomic mass is 9.83. The zero-order valence-electron chi connectivity index (χ0n) is 62.4. The largest absolute Gasteiger partial charge is 0.497 e. The van der Waals surface area contributed by atoms with Crippen molar-refractivity contribution in [2.45, 2.75) is 255 Å². The standard InChI is InChI=1S/C31H50O5.C29H46O5.C23H32O5/c1-5-7-8-9-10-11-12-13-14-15-16-17-24-34-28-21-18-27(19-22-28)20-23-29(32)35-25-26-36-30(33)31(3,4)6-2;1-5-7-8-9-10-11-12-13-14-15-22-32-26-19-16-25(17-20-26)18-21-27(30)33-23-24-34-28(31)29(3,4)6-2;1-4-17(2)23(25)28-16-20-7-5-19(6-8-20)15-27-22(24)14-11-18-9-12-21(26-3)13-10-18/h18-23H,5-17,24-26H2,1-4H3;16-21H,5-15,22-24H2,1-4H3;9-14,17,19-20H,4-8,15-16H2,1-3H3/b23-20+;21-18+;14-11+. The summed E-state index contributed by atoms with van der Waals surface area (Å²) in [5.74, 6) is 1.35. The van der Waals surface area contributed by atoms with Crippen molar-refractivity contribution in [3.8, 4) is 17.2 Å². The van der Waals surface area contributed by atoms with Gasteiger partial charge in [-0.15, -0.1) is 0 Å². The molecular formula is C83H128O15. The molecule has 0 aromatic heterocycles. The normalized spacial score (nSPS) is 14.1. The van der Waals surface area contributed by atoms with Gasteiger partial charge in [-0.2, -0.15) is 0 Å². The number of unbranched alkanes of at least 4 members (excludes halogenated alkanes) is 20. The number of carbonyl (C=O) groups is 6. The molecule has 550 valence electrons. The summed E-state index contributed by atoms with van der Waals surface area (Å²) < 4.78 is 48.0. The number of benzene rings is 3. The van der Waals surface area contributed by atoms with E-state index in [1.807, 2.05) is 128 Å². The Morgan fingerprint density at radius 2 is 0.684 bits per heavy atom. The Morgan fingerprint density at radius 3 is 1.00 bits per heavy atom. The van der Waals surface area contributed by atoms with Gasteiger partial charge in [0.25, 0.3) is 0 Å². The molecule has 0 radical (unpaired) electrons. The zero-order chi connectivity index (χ0) is 71.9. The maximum Gasteiger partial charge on any atom is 0.330 e. The Balaban J connectivity index is 0.000000504. The van der Waals surface area contributed by atoms with Crippen molar-refractivity contribution in [2.75, 3.05) is 60.0 Å². The third kappa shape index (κ3) is 43.5. The smallest absolute Gasteiger partial charge is 0.330 e. The van der Waals surface area contributed by atoms with Gasteiger partial charge in [0.15, 0.2) is 0 Å². The zero-order valence-corrected chi connectivity index (χ0v) is 62.4. The maximum atomic E-state index is 11.9. The van der Waals surface area contributed by atoms with Crippen LogP contribution in [0.5, 0.6) is 17.2 Å². The van der Waals surface area contributed by atoms with Crippen molar-refractivity contribution in [1.29, 1.82) is 0 Å². The molecule has 0 heterocycles. The molecule has 1 unspecified atom stereocenters. The topological polar surface area (TPSA) is 185 Å². The Bertz CT molecular complexity index is 2660. The maximum absolute atomic E-state index is 11.9. The quantitative estimate of drug-likeness (QED) is 0.0225. The third-order valence-electron chi connectivity index (χ3n) is 18.0. The van der Waals surface area contributed by atoms with Crippen LogP contribution in [0.15, 0.2) is 91.0 Å². The van der Waals surface area contributed by atoms with Gasteiger partial charge in [-0.25, -0.2) is 14.4 Å². The number of rotatable bonds is 49. The van der Waals surface area contributed by atoms with Gasteiger partial charge in [0, 0.05) is 18.2 Å². The molecule has 4 rings (SSSR count). The second kappa shape index (κ2) is 54.9. The van der Waals surface area contributed by atoms with E-state index in [9.17, 15) is 28.8 Å². The van der Waals surface area contributed by atoms with Gasteiger partial charge in [0.2, 0.25) is 0 Å². The van der Waals surface area contributed by atoms with Crippen LogP contribution in [-0.2, 0) is 57.2 Å². The molecule has 15 nitrogen and oxygen atoms in total. The summed E-state index contributed by atoms with van der Waals surface area (Å²) in [5, 5.41) is 0. The molecular weight excluding hydrogens is 1240 g/mol. The van der Waals surface area contributed by atoms with E-state index < -0.39 is 22.8 Å². The van der Waals surface area contributed by atoms with Crippen molar-refractivity contribution in [2.24, 2.45) is 28.6 Å². The Hall–Kier alpha value is -6.90. The highest BCUT2D eigenvalue weighted by atomic mass is 16.6. The summed E-state index contributed by atoms with van der Waals surface area (Å²) >= 11 is 0. The summed E-state index contributed by atoms with van der Waals surface area (Å²) in [5.41, 5.74) is 1.66. The van der Waals surface area contributed by atoms with E-state index in [1.165, 1.54) is 147 Å². The van der Waals surface area contributed by atoms with Gasteiger partial charge in [-0.05, 0) is 169 Å². The highest BCUT2D eigenvalue weighted by Gasteiger charge is 2.28. The first-order chi connectivity index (χ1) is 47.3. The molecule has 0 bridgehead atoms. The van der Waals surface area contributed by atoms with Crippen LogP contribution in [-0.4, -0.2) is 95.8 Å². The predicted octanol–water partition coefficient (Wildman–Crippen LogP) is 20.5. The minimum Gasteiger partial charge on any atom is -0.497 e. The Labute approximate surface area is 591 Å². The van der Waals surface area contributed by atoms with Crippen LogP contribution in [0, 0.1) is 28.6 Å². The van der Waals surface area contributed by atoms with E-state index in [1.54, 1.807) is 25.3 Å². The van der Waals surface area contributed by atoms with E-state index in [2.05, 4.69) is 13.8 Å². The lowest BCUT2D eigenvalue weighted by molar-refractivity contribution is -0.158. The molecule has 0 spiro atoms. The van der Waals surface area contributed by atoms with Crippen LogP contribution < -0.4 is 14.2 Å². The number of carbonyl (C=O) groups excluding carboxylic acids is 6. The summed E-state index contributed by atoms with van der Waals surface area (Å²) in [4.78, 5) is 71.1. The van der Waals surface area contributed by atoms with Crippen LogP contribution >= 0.6 is 0 Å². The molecule has 1 fully saturated rings. The fraction of sp³-hybridized carbons (Fsp3) is 0.639. The first kappa shape index (κ1) is 87.2. The first-order valence-electron chi connectivity index (χ1n) is 37.4. The second-order valence-corrected chi connectivity index (χ2v) is 27.2. The van der Waals surface area contributed by atoms with Crippen LogP contribution in [0.1, 0.15) is 272 Å². The van der Waals surface area contributed by atoms with Gasteiger partial charge < -0.3 is 42.6 Å². The minimum absolute atomic E-state index is 0.0262. The number of methoxy groups -OCH3 is 1. The summed E-state index contributed by atoms with van der Waals surface area (Å²) in [6, 6.07) is 22.8. The van der Waals surface area contributed by atoms with Crippen LogP contribution in [0.3, 0.4) is 0 Å². The molecule has 0 amide bonds. The molecule has 98 heavy (non-hydrogen) atoms. The van der Waals surface area contributed by atoms with E-state index in [-0.39, 0.29) is 56.2 Å². The van der Waals surface area contributed by atoms with Crippen molar-refractivity contribution < 1.29 is 71.4 Å². The van der Waals surface area contributed by atoms with Crippen LogP contribution in [0.2, 0.25) is 0 Å². The molecule has 0 N–H and O–H groups in total. The summed E-state index contributed by atoms with van der Waals surface area (Å²) in [6.45, 7) is 22.3. The van der Waals surface area contributed by atoms with Gasteiger partial charge in [0.1, 0.15) is 43.7 Å². The average molecular weight is 1370 g/mol. The minimum atomic E-state index is -0.521. The molecule has 1 atom stereocenters. The van der Waals surface area contributed by atoms with Gasteiger partial charge in [-0.1, -0.05) is 206 Å². The molecule has 1 saturated carbocycles.